The van der Waals surface area contributed by atoms with Gasteiger partial charge in [-0.05, 0) is 37.5 Å². The van der Waals surface area contributed by atoms with Crippen LogP contribution >= 0.6 is 11.8 Å². The molecular formula is C21H24N4OS. The Kier molecular flexibility index (Phi) is 5.96. The van der Waals surface area contributed by atoms with Crippen molar-refractivity contribution < 1.29 is 4.79 Å². The first-order chi connectivity index (χ1) is 13.0. The fourth-order valence-corrected chi connectivity index (χ4v) is 3.53. The van der Waals surface area contributed by atoms with Gasteiger partial charge in [-0.3, -0.25) is 4.79 Å². The van der Waals surface area contributed by atoms with Gasteiger partial charge in [-0.1, -0.05) is 60.3 Å². The summed E-state index contributed by atoms with van der Waals surface area (Å²) in [5.41, 5.74) is 4.61. The van der Waals surface area contributed by atoms with E-state index in [1.807, 2.05) is 48.9 Å². The second-order valence-electron chi connectivity index (χ2n) is 6.65. The fourth-order valence-electron chi connectivity index (χ4n) is 2.81. The zero-order chi connectivity index (χ0) is 19.4. The Hall–Kier alpha value is -2.60. The van der Waals surface area contributed by atoms with Gasteiger partial charge in [0.15, 0.2) is 11.0 Å². The maximum absolute atomic E-state index is 12.4. The third-order valence-electron chi connectivity index (χ3n) is 4.61. The first-order valence-electron chi connectivity index (χ1n) is 8.90. The summed E-state index contributed by atoms with van der Waals surface area (Å²) in [6.07, 6.45) is 0. The van der Waals surface area contributed by atoms with Gasteiger partial charge in [-0.2, -0.15) is 0 Å². The highest BCUT2D eigenvalue weighted by Crippen LogP contribution is 2.22. The fraction of sp³-hybridized carbons (Fsp3) is 0.286. The Morgan fingerprint density at radius 1 is 1.11 bits per heavy atom. The molecule has 1 aromatic heterocycles. The quantitative estimate of drug-likeness (QED) is 0.655. The summed E-state index contributed by atoms with van der Waals surface area (Å²) in [6.45, 7) is 6.17. The number of hydrogen-bond acceptors (Lipinski definition) is 4. The van der Waals surface area contributed by atoms with E-state index in [2.05, 4.69) is 47.6 Å². The smallest absolute Gasteiger partial charge is 0.230 e. The molecule has 0 unspecified atom stereocenters. The van der Waals surface area contributed by atoms with Gasteiger partial charge in [0.05, 0.1) is 11.8 Å². The highest BCUT2D eigenvalue weighted by Gasteiger charge is 2.14. The van der Waals surface area contributed by atoms with E-state index in [1.165, 1.54) is 22.9 Å². The number of aromatic nitrogens is 3. The molecule has 0 aliphatic rings. The van der Waals surface area contributed by atoms with E-state index in [4.69, 9.17) is 0 Å². The van der Waals surface area contributed by atoms with Crippen molar-refractivity contribution in [2.45, 2.75) is 32.0 Å². The van der Waals surface area contributed by atoms with Crippen LogP contribution in [0.15, 0.2) is 53.7 Å². The Balaban J connectivity index is 1.59. The molecule has 0 saturated carbocycles. The van der Waals surface area contributed by atoms with Crippen molar-refractivity contribution in [3.63, 3.8) is 0 Å². The van der Waals surface area contributed by atoms with Crippen molar-refractivity contribution in [3.05, 3.63) is 65.2 Å². The molecule has 1 amide bonds. The van der Waals surface area contributed by atoms with Crippen LogP contribution in [0.3, 0.4) is 0 Å². The van der Waals surface area contributed by atoms with E-state index in [9.17, 15) is 4.79 Å². The van der Waals surface area contributed by atoms with Gasteiger partial charge >= 0.3 is 0 Å². The normalized spacial score (nSPS) is 12.0. The average molecular weight is 381 g/mol. The maximum Gasteiger partial charge on any atom is 0.230 e. The number of benzene rings is 2. The molecule has 0 spiro atoms. The summed E-state index contributed by atoms with van der Waals surface area (Å²) in [5, 5.41) is 12.2. The summed E-state index contributed by atoms with van der Waals surface area (Å²) in [7, 11) is 1.92. The minimum absolute atomic E-state index is 0.0185. The van der Waals surface area contributed by atoms with Crippen molar-refractivity contribution in [1.82, 2.24) is 20.1 Å². The molecule has 3 aromatic rings. The first kappa shape index (κ1) is 19.2. The standard InChI is InChI=1S/C21H24N4OS/c1-14-10-11-18(12-15(14)2)16(3)22-19(26)13-27-21-24-23-20(25(21)4)17-8-6-5-7-9-17/h5-12,16H,13H2,1-4H3,(H,22,26)/t16-/m0/s1. The molecular weight excluding hydrogens is 356 g/mol. The van der Waals surface area contributed by atoms with E-state index in [1.54, 1.807) is 0 Å². The molecule has 5 nitrogen and oxygen atoms in total. The minimum atomic E-state index is -0.0308. The van der Waals surface area contributed by atoms with E-state index < -0.39 is 0 Å². The molecule has 1 N–H and O–H groups in total. The highest BCUT2D eigenvalue weighted by molar-refractivity contribution is 7.99. The average Bonchev–Trinajstić information content (AvgIpc) is 3.03. The molecule has 1 atom stereocenters. The Labute approximate surface area is 164 Å². The van der Waals surface area contributed by atoms with Crippen LogP contribution in [-0.4, -0.2) is 26.4 Å². The summed E-state index contributed by atoms with van der Waals surface area (Å²) < 4.78 is 1.92. The lowest BCUT2D eigenvalue weighted by Gasteiger charge is -2.15. The van der Waals surface area contributed by atoms with Crippen LogP contribution in [-0.2, 0) is 11.8 Å². The lowest BCUT2D eigenvalue weighted by molar-refractivity contribution is -0.119. The van der Waals surface area contributed by atoms with Gasteiger partial charge < -0.3 is 9.88 Å². The first-order valence-corrected chi connectivity index (χ1v) is 9.88. The van der Waals surface area contributed by atoms with E-state index >= 15 is 0 Å². The molecule has 0 aliphatic heterocycles. The van der Waals surface area contributed by atoms with Gasteiger partial charge in [0.1, 0.15) is 0 Å². The van der Waals surface area contributed by atoms with Crippen LogP contribution in [0.1, 0.15) is 29.7 Å². The van der Waals surface area contributed by atoms with Crippen LogP contribution in [0, 0.1) is 13.8 Å². The SMILES string of the molecule is Cc1ccc([C@H](C)NC(=O)CSc2nnc(-c3ccccc3)n2C)cc1C. The zero-order valence-electron chi connectivity index (χ0n) is 16.1. The van der Waals surface area contributed by atoms with E-state index in [-0.39, 0.29) is 11.9 Å². The molecule has 0 bridgehead atoms. The molecule has 2 aromatic carbocycles. The van der Waals surface area contributed by atoms with Crippen molar-refractivity contribution in [2.75, 3.05) is 5.75 Å². The van der Waals surface area contributed by atoms with Crippen molar-refractivity contribution in [3.8, 4) is 11.4 Å². The lowest BCUT2D eigenvalue weighted by Crippen LogP contribution is -2.28. The third kappa shape index (κ3) is 4.57. The highest BCUT2D eigenvalue weighted by atomic mass is 32.2. The number of nitrogens with zero attached hydrogens (tertiary/aromatic N) is 3. The monoisotopic (exact) mass is 380 g/mol. The van der Waals surface area contributed by atoms with Gasteiger partial charge in [-0.25, -0.2) is 0 Å². The molecule has 3 rings (SSSR count). The number of aryl methyl sites for hydroxylation is 2. The van der Waals surface area contributed by atoms with E-state index in [0.29, 0.717) is 5.75 Å². The number of carbonyl (C=O) groups is 1. The zero-order valence-corrected chi connectivity index (χ0v) is 16.9. The minimum Gasteiger partial charge on any atom is -0.349 e. The second-order valence-corrected chi connectivity index (χ2v) is 7.60. The number of thioether (sulfide) groups is 1. The van der Waals surface area contributed by atoms with Crippen LogP contribution in [0.2, 0.25) is 0 Å². The number of rotatable bonds is 6. The molecule has 6 heteroatoms. The van der Waals surface area contributed by atoms with Gasteiger partial charge in [0, 0.05) is 12.6 Å². The van der Waals surface area contributed by atoms with Gasteiger partial charge in [0.25, 0.3) is 0 Å². The largest absolute Gasteiger partial charge is 0.349 e. The molecule has 0 radical (unpaired) electrons. The van der Waals surface area contributed by atoms with Gasteiger partial charge in [0.2, 0.25) is 5.91 Å². The third-order valence-corrected chi connectivity index (χ3v) is 5.63. The second kappa shape index (κ2) is 8.39. The van der Waals surface area contributed by atoms with Crippen LogP contribution in [0.25, 0.3) is 11.4 Å². The summed E-state index contributed by atoms with van der Waals surface area (Å²) in [5.74, 6) is 1.08. The van der Waals surface area contributed by atoms with Crippen molar-refractivity contribution in [2.24, 2.45) is 7.05 Å². The summed E-state index contributed by atoms with van der Waals surface area (Å²) in [4.78, 5) is 12.4. The lowest BCUT2D eigenvalue weighted by atomic mass is 10.0. The number of amides is 1. The topological polar surface area (TPSA) is 59.8 Å². The van der Waals surface area contributed by atoms with Crippen LogP contribution in [0.4, 0.5) is 0 Å². The Morgan fingerprint density at radius 2 is 1.85 bits per heavy atom. The predicted octanol–water partition coefficient (Wildman–Crippen LogP) is 4.07. The van der Waals surface area contributed by atoms with Crippen molar-refractivity contribution in [1.29, 1.82) is 0 Å². The Bertz CT molecular complexity index is 937. The maximum atomic E-state index is 12.4. The number of hydrogen-bond donors (Lipinski definition) is 1. The van der Waals surface area contributed by atoms with E-state index in [0.717, 1.165) is 22.1 Å². The summed E-state index contributed by atoms with van der Waals surface area (Å²) >= 11 is 1.39. The van der Waals surface area contributed by atoms with Gasteiger partial charge in [-0.15, -0.1) is 10.2 Å². The molecule has 27 heavy (non-hydrogen) atoms. The summed E-state index contributed by atoms with van der Waals surface area (Å²) in [6, 6.07) is 16.2. The molecule has 0 fully saturated rings. The number of carbonyl (C=O) groups excluding carboxylic acids is 1. The van der Waals surface area contributed by atoms with Crippen LogP contribution < -0.4 is 5.32 Å². The molecule has 0 saturated heterocycles. The van der Waals surface area contributed by atoms with Crippen molar-refractivity contribution >= 4 is 17.7 Å². The predicted molar refractivity (Wildman–Crippen MR) is 110 cm³/mol. The Morgan fingerprint density at radius 3 is 2.56 bits per heavy atom. The number of nitrogens with one attached hydrogen (secondary N) is 1. The molecule has 140 valence electrons. The van der Waals surface area contributed by atoms with Crippen LogP contribution in [0.5, 0.6) is 0 Å². The molecule has 1 heterocycles. The molecule has 0 aliphatic carbocycles.